The smallest absolute Gasteiger partial charge is 0.191 e. The Kier molecular flexibility index (Phi) is 4.80. The highest BCUT2D eigenvalue weighted by molar-refractivity contribution is 7.09. The van der Waals surface area contributed by atoms with Gasteiger partial charge in [0.2, 0.25) is 0 Å². The van der Waals surface area contributed by atoms with Crippen LogP contribution < -0.4 is 10.6 Å². The van der Waals surface area contributed by atoms with Crippen LogP contribution in [0.5, 0.6) is 0 Å². The lowest BCUT2D eigenvalue weighted by atomic mass is 10.1. The highest BCUT2D eigenvalue weighted by Gasteiger charge is 2.11. The van der Waals surface area contributed by atoms with E-state index in [0.717, 1.165) is 18.9 Å². The van der Waals surface area contributed by atoms with Gasteiger partial charge in [0.05, 0.1) is 0 Å². The molecule has 0 aromatic carbocycles. The van der Waals surface area contributed by atoms with Crippen LogP contribution in [0, 0.1) is 0 Å². The lowest BCUT2D eigenvalue weighted by Gasteiger charge is -2.23. The Labute approximate surface area is 102 Å². The monoisotopic (exact) mass is 239 g/mol. The summed E-state index contributed by atoms with van der Waals surface area (Å²) >= 11 is 1.80. The molecular weight excluding hydrogens is 218 g/mol. The van der Waals surface area contributed by atoms with Crippen molar-refractivity contribution >= 4 is 17.3 Å². The topological polar surface area (TPSA) is 36.4 Å². The number of nitrogens with one attached hydrogen (secondary N) is 2. The molecule has 1 rings (SSSR count). The molecule has 16 heavy (non-hydrogen) atoms. The minimum atomic E-state index is 0.0464. The standard InChI is InChI=1S/C12H21N3S/c1-12(2,3)15-11(13-4)14-8-7-10-6-5-9-16-10/h5-6,9H,7-8H2,1-4H3,(H2,13,14,15). The lowest BCUT2D eigenvalue weighted by Crippen LogP contribution is -2.47. The van der Waals surface area contributed by atoms with Crippen molar-refractivity contribution in [2.24, 2.45) is 4.99 Å². The van der Waals surface area contributed by atoms with Crippen molar-refractivity contribution in [1.29, 1.82) is 0 Å². The first-order chi connectivity index (χ1) is 7.51. The number of thiophene rings is 1. The van der Waals surface area contributed by atoms with Crippen molar-refractivity contribution < 1.29 is 0 Å². The molecule has 0 fully saturated rings. The molecular formula is C12H21N3S. The maximum atomic E-state index is 4.19. The Hall–Kier alpha value is -1.03. The summed E-state index contributed by atoms with van der Waals surface area (Å²) in [6.45, 7) is 7.29. The molecule has 1 aromatic rings. The van der Waals surface area contributed by atoms with Crippen LogP contribution in [-0.2, 0) is 6.42 Å². The number of guanidine groups is 1. The third-order valence-electron chi connectivity index (χ3n) is 1.96. The van der Waals surface area contributed by atoms with Crippen molar-refractivity contribution in [2.45, 2.75) is 32.7 Å². The van der Waals surface area contributed by atoms with E-state index in [-0.39, 0.29) is 5.54 Å². The number of nitrogens with zero attached hydrogens (tertiary/aromatic N) is 1. The molecule has 0 saturated carbocycles. The summed E-state index contributed by atoms with van der Waals surface area (Å²) in [6, 6.07) is 4.24. The van der Waals surface area contributed by atoms with Crippen LogP contribution in [0.25, 0.3) is 0 Å². The van der Waals surface area contributed by atoms with E-state index in [0.29, 0.717) is 0 Å². The second-order valence-corrected chi connectivity index (χ2v) is 5.74. The van der Waals surface area contributed by atoms with Gasteiger partial charge in [-0.25, -0.2) is 0 Å². The van der Waals surface area contributed by atoms with Gasteiger partial charge in [0.25, 0.3) is 0 Å². The Morgan fingerprint density at radius 1 is 1.44 bits per heavy atom. The summed E-state index contributed by atoms with van der Waals surface area (Å²) in [4.78, 5) is 5.59. The zero-order valence-electron chi connectivity index (χ0n) is 10.5. The van der Waals surface area contributed by atoms with Gasteiger partial charge in [0, 0.05) is 24.0 Å². The van der Waals surface area contributed by atoms with Crippen LogP contribution in [0.15, 0.2) is 22.5 Å². The molecule has 0 bridgehead atoms. The molecule has 2 N–H and O–H groups in total. The first kappa shape index (κ1) is 13.0. The SMILES string of the molecule is CN=C(NCCc1cccs1)NC(C)(C)C. The van der Waals surface area contributed by atoms with Crippen molar-refractivity contribution in [3.05, 3.63) is 22.4 Å². The second-order valence-electron chi connectivity index (χ2n) is 4.70. The molecule has 0 radical (unpaired) electrons. The second kappa shape index (κ2) is 5.89. The van der Waals surface area contributed by atoms with Crippen molar-refractivity contribution in [3.63, 3.8) is 0 Å². The first-order valence-electron chi connectivity index (χ1n) is 5.52. The molecule has 0 spiro atoms. The van der Waals surface area contributed by atoms with Crippen LogP contribution in [0.4, 0.5) is 0 Å². The lowest BCUT2D eigenvalue weighted by molar-refractivity contribution is 0.502. The van der Waals surface area contributed by atoms with Crippen LogP contribution in [0.3, 0.4) is 0 Å². The maximum Gasteiger partial charge on any atom is 0.191 e. The number of hydrogen-bond acceptors (Lipinski definition) is 2. The molecule has 0 aliphatic heterocycles. The Bertz CT molecular complexity index is 323. The normalized spacial score (nSPS) is 12.6. The fraction of sp³-hybridized carbons (Fsp3) is 0.583. The largest absolute Gasteiger partial charge is 0.356 e. The number of hydrogen-bond donors (Lipinski definition) is 2. The van der Waals surface area contributed by atoms with E-state index in [9.17, 15) is 0 Å². The average molecular weight is 239 g/mol. The predicted molar refractivity (Wildman–Crippen MR) is 72.3 cm³/mol. The summed E-state index contributed by atoms with van der Waals surface area (Å²) in [7, 11) is 1.80. The summed E-state index contributed by atoms with van der Waals surface area (Å²) in [5.41, 5.74) is 0.0464. The van der Waals surface area contributed by atoms with Crippen LogP contribution in [-0.4, -0.2) is 25.1 Å². The highest BCUT2D eigenvalue weighted by Crippen LogP contribution is 2.08. The van der Waals surface area contributed by atoms with Gasteiger partial charge in [-0.2, -0.15) is 0 Å². The van der Waals surface area contributed by atoms with E-state index in [1.807, 2.05) is 0 Å². The fourth-order valence-corrected chi connectivity index (χ4v) is 2.00. The van der Waals surface area contributed by atoms with E-state index in [4.69, 9.17) is 0 Å². The number of aliphatic imine (C=N–C) groups is 1. The summed E-state index contributed by atoms with van der Waals surface area (Å²) in [6.07, 6.45) is 1.04. The Morgan fingerprint density at radius 3 is 2.69 bits per heavy atom. The number of rotatable bonds is 3. The van der Waals surface area contributed by atoms with E-state index >= 15 is 0 Å². The first-order valence-corrected chi connectivity index (χ1v) is 6.40. The van der Waals surface area contributed by atoms with Crippen molar-refractivity contribution in [1.82, 2.24) is 10.6 Å². The van der Waals surface area contributed by atoms with Gasteiger partial charge >= 0.3 is 0 Å². The average Bonchev–Trinajstić information content (AvgIpc) is 2.67. The molecule has 0 aliphatic rings. The van der Waals surface area contributed by atoms with E-state index in [2.05, 4.69) is 53.9 Å². The maximum absolute atomic E-state index is 4.19. The zero-order valence-corrected chi connectivity index (χ0v) is 11.3. The molecule has 90 valence electrons. The van der Waals surface area contributed by atoms with Crippen molar-refractivity contribution in [3.8, 4) is 0 Å². The van der Waals surface area contributed by atoms with E-state index < -0.39 is 0 Å². The van der Waals surface area contributed by atoms with Crippen LogP contribution in [0.1, 0.15) is 25.6 Å². The molecule has 1 aromatic heterocycles. The van der Waals surface area contributed by atoms with Gasteiger partial charge in [-0.1, -0.05) is 6.07 Å². The van der Waals surface area contributed by atoms with Gasteiger partial charge in [-0.3, -0.25) is 4.99 Å². The zero-order chi connectivity index (χ0) is 12.0. The molecule has 0 amide bonds. The molecule has 0 aliphatic carbocycles. The van der Waals surface area contributed by atoms with Crippen LogP contribution in [0.2, 0.25) is 0 Å². The van der Waals surface area contributed by atoms with Crippen molar-refractivity contribution in [2.75, 3.05) is 13.6 Å². The van der Waals surface area contributed by atoms with Crippen LogP contribution >= 0.6 is 11.3 Å². The molecule has 0 unspecified atom stereocenters. The van der Waals surface area contributed by atoms with E-state index in [1.54, 1.807) is 18.4 Å². The minimum Gasteiger partial charge on any atom is -0.356 e. The van der Waals surface area contributed by atoms with Gasteiger partial charge < -0.3 is 10.6 Å². The van der Waals surface area contributed by atoms with Gasteiger partial charge in [0.15, 0.2) is 5.96 Å². The molecule has 0 atom stereocenters. The third kappa shape index (κ3) is 5.16. The van der Waals surface area contributed by atoms with Gasteiger partial charge in [-0.15, -0.1) is 11.3 Å². The van der Waals surface area contributed by atoms with Gasteiger partial charge in [-0.05, 0) is 38.6 Å². The summed E-state index contributed by atoms with van der Waals surface area (Å²) in [5.74, 6) is 0.865. The fourth-order valence-electron chi connectivity index (χ4n) is 1.29. The molecule has 1 heterocycles. The third-order valence-corrected chi connectivity index (χ3v) is 2.90. The van der Waals surface area contributed by atoms with E-state index in [1.165, 1.54) is 4.88 Å². The Morgan fingerprint density at radius 2 is 2.19 bits per heavy atom. The quantitative estimate of drug-likeness (QED) is 0.627. The Balaban J connectivity index is 2.30. The minimum absolute atomic E-state index is 0.0464. The highest BCUT2D eigenvalue weighted by atomic mass is 32.1. The molecule has 3 nitrogen and oxygen atoms in total. The molecule has 4 heteroatoms. The summed E-state index contributed by atoms with van der Waals surface area (Å²) in [5, 5.41) is 8.75. The van der Waals surface area contributed by atoms with Gasteiger partial charge in [0.1, 0.15) is 0 Å². The summed E-state index contributed by atoms with van der Waals surface area (Å²) < 4.78 is 0. The molecule has 0 saturated heterocycles. The predicted octanol–water partition coefficient (Wildman–Crippen LogP) is 2.25.